The molecule has 1 aliphatic heterocycles. The highest BCUT2D eigenvalue weighted by molar-refractivity contribution is 7.89. The molecule has 162 valence electrons. The number of amides is 1. The predicted molar refractivity (Wildman–Crippen MR) is 116 cm³/mol. The molecule has 0 atom stereocenters. The summed E-state index contributed by atoms with van der Waals surface area (Å²) in [5.74, 6) is 0.606. The normalized spacial score (nSPS) is 14.9. The predicted octanol–water partition coefficient (Wildman–Crippen LogP) is 3.93. The number of rotatable bonds is 8. The van der Waals surface area contributed by atoms with Gasteiger partial charge in [-0.1, -0.05) is 18.0 Å². The molecule has 2 aromatic carbocycles. The molecule has 7 nitrogen and oxygen atoms in total. The van der Waals surface area contributed by atoms with Crippen molar-refractivity contribution in [1.82, 2.24) is 4.31 Å². The van der Waals surface area contributed by atoms with Gasteiger partial charge in [0.05, 0.1) is 16.5 Å². The molecule has 1 heterocycles. The molecule has 0 bridgehead atoms. The number of hydrogen-bond acceptors (Lipinski definition) is 5. The van der Waals surface area contributed by atoms with Gasteiger partial charge < -0.3 is 14.8 Å². The van der Waals surface area contributed by atoms with Gasteiger partial charge in [-0.15, -0.1) is 0 Å². The number of anilines is 1. The van der Waals surface area contributed by atoms with E-state index in [9.17, 15) is 13.2 Å². The number of nitrogens with one attached hydrogen (secondary N) is 1. The number of hydrogen-bond donors (Lipinski definition) is 1. The summed E-state index contributed by atoms with van der Waals surface area (Å²) in [6.45, 7) is 3.24. The van der Waals surface area contributed by atoms with Crippen LogP contribution in [0.1, 0.15) is 26.2 Å². The fourth-order valence-corrected chi connectivity index (χ4v) is 5.00. The molecule has 1 fully saturated rings. The van der Waals surface area contributed by atoms with Crippen molar-refractivity contribution in [1.29, 1.82) is 0 Å². The third kappa shape index (κ3) is 5.65. The van der Waals surface area contributed by atoms with Gasteiger partial charge >= 0.3 is 0 Å². The molecule has 0 unspecified atom stereocenters. The Bertz CT molecular complexity index is 973. The second kappa shape index (κ2) is 10.1. The van der Waals surface area contributed by atoms with Crippen LogP contribution in [-0.2, 0) is 14.8 Å². The van der Waals surface area contributed by atoms with Crippen molar-refractivity contribution in [3.05, 3.63) is 47.5 Å². The van der Waals surface area contributed by atoms with Gasteiger partial charge in [0, 0.05) is 18.8 Å². The molecule has 30 heavy (non-hydrogen) atoms. The van der Waals surface area contributed by atoms with Crippen molar-refractivity contribution < 1.29 is 22.7 Å². The number of carbonyl (C=O) groups is 1. The van der Waals surface area contributed by atoms with Crippen LogP contribution >= 0.6 is 11.6 Å². The van der Waals surface area contributed by atoms with E-state index in [0.717, 1.165) is 25.0 Å². The highest BCUT2D eigenvalue weighted by Crippen LogP contribution is 2.29. The molecule has 1 aliphatic rings. The lowest BCUT2D eigenvalue weighted by molar-refractivity contribution is -0.118. The van der Waals surface area contributed by atoms with Gasteiger partial charge in [0.2, 0.25) is 10.0 Å². The van der Waals surface area contributed by atoms with Crippen LogP contribution in [0.25, 0.3) is 0 Å². The van der Waals surface area contributed by atoms with E-state index < -0.39 is 10.0 Å². The fraction of sp³-hybridized carbons (Fsp3) is 0.381. The van der Waals surface area contributed by atoms with Gasteiger partial charge in [-0.3, -0.25) is 4.79 Å². The summed E-state index contributed by atoms with van der Waals surface area (Å²) in [6, 6.07) is 11.3. The molecular weight excluding hydrogens is 428 g/mol. The summed E-state index contributed by atoms with van der Waals surface area (Å²) in [7, 11) is -3.58. The Morgan fingerprint density at radius 2 is 1.77 bits per heavy atom. The lowest BCUT2D eigenvalue weighted by atomic mass is 10.2. The number of benzene rings is 2. The second-order valence-corrected chi connectivity index (χ2v) is 9.20. The van der Waals surface area contributed by atoms with Crippen LogP contribution in [0.5, 0.6) is 11.5 Å². The molecule has 0 spiro atoms. The van der Waals surface area contributed by atoms with E-state index in [2.05, 4.69) is 5.32 Å². The van der Waals surface area contributed by atoms with Crippen molar-refractivity contribution in [3.63, 3.8) is 0 Å². The zero-order valence-corrected chi connectivity index (χ0v) is 18.3. The summed E-state index contributed by atoms with van der Waals surface area (Å²) < 4.78 is 37.8. The van der Waals surface area contributed by atoms with E-state index >= 15 is 0 Å². The largest absolute Gasteiger partial charge is 0.494 e. The van der Waals surface area contributed by atoms with Crippen molar-refractivity contribution in [3.8, 4) is 11.5 Å². The summed E-state index contributed by atoms with van der Waals surface area (Å²) >= 11 is 6.21. The summed E-state index contributed by atoms with van der Waals surface area (Å²) in [5.41, 5.74) is 0.612. The first-order valence-electron chi connectivity index (χ1n) is 9.85. The zero-order chi connectivity index (χ0) is 21.6. The van der Waals surface area contributed by atoms with Gasteiger partial charge in [-0.2, -0.15) is 4.31 Å². The minimum atomic E-state index is -3.58. The maximum atomic E-state index is 12.7. The van der Waals surface area contributed by atoms with Crippen LogP contribution in [0.3, 0.4) is 0 Å². The van der Waals surface area contributed by atoms with Crippen LogP contribution in [0, 0.1) is 0 Å². The zero-order valence-electron chi connectivity index (χ0n) is 16.8. The number of halogens is 1. The maximum absolute atomic E-state index is 12.7. The highest BCUT2D eigenvalue weighted by Gasteiger charge is 2.26. The van der Waals surface area contributed by atoms with Gasteiger partial charge in [0.1, 0.15) is 11.5 Å². The molecule has 3 rings (SSSR count). The molecule has 0 aromatic heterocycles. The third-order valence-corrected chi connectivity index (χ3v) is 6.85. The van der Waals surface area contributed by atoms with Crippen molar-refractivity contribution in [2.75, 3.05) is 31.6 Å². The summed E-state index contributed by atoms with van der Waals surface area (Å²) in [5, 5.41) is 2.86. The van der Waals surface area contributed by atoms with Gasteiger partial charge in [-0.25, -0.2) is 8.42 Å². The Balaban J connectivity index is 1.58. The van der Waals surface area contributed by atoms with Crippen molar-refractivity contribution >= 4 is 33.2 Å². The van der Waals surface area contributed by atoms with Gasteiger partial charge in [0.25, 0.3) is 5.91 Å². The molecule has 0 saturated carbocycles. The number of ether oxygens (including phenoxy) is 2. The minimum Gasteiger partial charge on any atom is -0.494 e. The second-order valence-electron chi connectivity index (χ2n) is 6.85. The first kappa shape index (κ1) is 22.4. The molecule has 9 heteroatoms. The molecule has 0 radical (unpaired) electrons. The summed E-state index contributed by atoms with van der Waals surface area (Å²) in [6.07, 6.45) is 2.76. The monoisotopic (exact) mass is 452 g/mol. The van der Waals surface area contributed by atoms with Crippen LogP contribution < -0.4 is 14.8 Å². The minimum absolute atomic E-state index is 0.126. The Hall–Kier alpha value is -2.29. The number of carbonyl (C=O) groups excluding carboxylic acids is 1. The molecule has 1 N–H and O–H groups in total. The molecule has 1 saturated heterocycles. The number of nitrogens with zero attached hydrogens (tertiary/aromatic N) is 1. The Morgan fingerprint density at radius 1 is 1.07 bits per heavy atom. The molecular formula is C21H25ClN2O5S. The maximum Gasteiger partial charge on any atom is 0.262 e. The van der Waals surface area contributed by atoms with E-state index in [0.29, 0.717) is 25.4 Å². The average molecular weight is 453 g/mol. The third-order valence-electron chi connectivity index (χ3n) is 4.66. The lowest BCUT2D eigenvalue weighted by Gasteiger charge is -2.26. The summed E-state index contributed by atoms with van der Waals surface area (Å²) in [4.78, 5) is 12.3. The van der Waals surface area contributed by atoms with E-state index in [4.69, 9.17) is 21.1 Å². The van der Waals surface area contributed by atoms with Crippen LogP contribution in [-0.4, -0.2) is 44.9 Å². The Morgan fingerprint density at radius 3 is 2.40 bits per heavy atom. The van der Waals surface area contributed by atoms with E-state index in [1.165, 1.54) is 22.5 Å². The first-order valence-corrected chi connectivity index (χ1v) is 11.7. The smallest absolute Gasteiger partial charge is 0.262 e. The Kier molecular flexibility index (Phi) is 7.58. The number of piperidine rings is 1. The van der Waals surface area contributed by atoms with Crippen LogP contribution in [0.2, 0.25) is 5.02 Å². The standard InChI is InChI=1S/C21H25ClN2O5S/c1-2-28-17-8-6-16(7-9-17)23-21(25)15-29-20-11-10-18(14-19(20)22)30(26,27)24-12-4-3-5-13-24/h6-11,14H,2-5,12-13,15H2,1H3,(H,23,25). The van der Waals surface area contributed by atoms with E-state index in [1.54, 1.807) is 24.3 Å². The highest BCUT2D eigenvalue weighted by atomic mass is 35.5. The number of sulfonamides is 1. The quantitative estimate of drug-likeness (QED) is 0.655. The van der Waals surface area contributed by atoms with E-state index in [-0.39, 0.29) is 28.2 Å². The fourth-order valence-electron chi connectivity index (χ4n) is 3.15. The van der Waals surface area contributed by atoms with Gasteiger partial charge in [0.15, 0.2) is 6.61 Å². The van der Waals surface area contributed by atoms with Gasteiger partial charge in [-0.05, 0) is 62.2 Å². The van der Waals surface area contributed by atoms with Crippen molar-refractivity contribution in [2.45, 2.75) is 31.1 Å². The topological polar surface area (TPSA) is 84.9 Å². The van der Waals surface area contributed by atoms with Crippen LogP contribution in [0.4, 0.5) is 5.69 Å². The Labute approximate surface area is 182 Å². The van der Waals surface area contributed by atoms with Crippen molar-refractivity contribution in [2.24, 2.45) is 0 Å². The van der Waals surface area contributed by atoms with Crippen LogP contribution in [0.15, 0.2) is 47.4 Å². The lowest BCUT2D eigenvalue weighted by Crippen LogP contribution is -2.35. The molecule has 1 amide bonds. The molecule has 2 aromatic rings. The SMILES string of the molecule is CCOc1ccc(NC(=O)COc2ccc(S(=O)(=O)N3CCCCC3)cc2Cl)cc1. The average Bonchev–Trinajstić information content (AvgIpc) is 2.75. The van der Waals surface area contributed by atoms with E-state index in [1.807, 2.05) is 6.92 Å². The molecule has 0 aliphatic carbocycles. The first-order chi connectivity index (χ1) is 14.4.